The van der Waals surface area contributed by atoms with Crippen molar-refractivity contribution < 1.29 is 4.79 Å². The molecule has 0 bridgehead atoms. The van der Waals surface area contributed by atoms with Crippen LogP contribution in [0.15, 0.2) is 48.5 Å². The number of piperazine rings is 1. The van der Waals surface area contributed by atoms with Gasteiger partial charge in [-0.15, -0.1) is 0 Å². The van der Waals surface area contributed by atoms with Crippen LogP contribution in [0.3, 0.4) is 0 Å². The second kappa shape index (κ2) is 6.61. The van der Waals surface area contributed by atoms with Crippen LogP contribution in [-0.4, -0.2) is 41.4 Å². The first-order chi connectivity index (χ1) is 12.6. The lowest BCUT2D eigenvalue weighted by molar-refractivity contribution is 0.0952. The molecule has 1 aromatic heterocycles. The molecule has 1 aliphatic rings. The number of nitrogens with two attached hydrogens (primary N) is 2. The molecule has 5 N–H and O–H groups in total. The Hall–Kier alpha value is -3.19. The summed E-state index contributed by atoms with van der Waals surface area (Å²) in [6, 6.07) is 15.0. The minimum atomic E-state index is -0.386. The number of rotatable bonds is 3. The van der Waals surface area contributed by atoms with Crippen molar-refractivity contribution in [2.45, 2.75) is 6.04 Å². The van der Waals surface area contributed by atoms with Crippen LogP contribution in [0.5, 0.6) is 0 Å². The number of aromatic nitrogens is 2. The molecule has 2 heterocycles. The van der Waals surface area contributed by atoms with Gasteiger partial charge in [0.05, 0.1) is 0 Å². The average molecular weight is 348 g/mol. The van der Waals surface area contributed by atoms with Crippen molar-refractivity contribution in [3.8, 4) is 0 Å². The van der Waals surface area contributed by atoms with Gasteiger partial charge in [0, 0.05) is 31.3 Å². The molecule has 0 aliphatic carbocycles. The number of hydrogen-bond donors (Lipinski definition) is 3. The third kappa shape index (κ3) is 2.93. The summed E-state index contributed by atoms with van der Waals surface area (Å²) in [7, 11) is 0. The molecular formula is C19H20N6O. The van der Waals surface area contributed by atoms with E-state index in [4.69, 9.17) is 11.5 Å². The van der Waals surface area contributed by atoms with Gasteiger partial charge >= 0.3 is 0 Å². The zero-order valence-electron chi connectivity index (χ0n) is 14.2. The van der Waals surface area contributed by atoms with Gasteiger partial charge < -0.3 is 21.7 Å². The number of nitrogens with zero attached hydrogens (tertiary/aromatic N) is 3. The second-order valence-corrected chi connectivity index (χ2v) is 6.31. The molecule has 1 saturated heterocycles. The third-order valence-corrected chi connectivity index (χ3v) is 4.65. The van der Waals surface area contributed by atoms with E-state index in [2.05, 4.69) is 15.3 Å². The van der Waals surface area contributed by atoms with Crippen LogP contribution in [0.2, 0.25) is 0 Å². The molecule has 0 spiro atoms. The fraction of sp³-hybridized carbons (Fsp3) is 0.211. The Balaban J connectivity index is 1.75. The minimum absolute atomic E-state index is 0.0461. The van der Waals surface area contributed by atoms with E-state index >= 15 is 0 Å². The lowest BCUT2D eigenvalue weighted by Crippen LogP contribution is -2.55. The smallest absolute Gasteiger partial charge is 0.223 e. The maximum absolute atomic E-state index is 13.4. The SMILES string of the molecule is Nc1cc(N2CCNCC2C(=O)c2cccc3ccccc23)nc(N)n1. The van der Waals surface area contributed by atoms with Crippen molar-refractivity contribution in [3.63, 3.8) is 0 Å². The highest BCUT2D eigenvalue weighted by Gasteiger charge is 2.31. The van der Waals surface area contributed by atoms with Gasteiger partial charge in [0.15, 0.2) is 5.78 Å². The summed E-state index contributed by atoms with van der Waals surface area (Å²) < 4.78 is 0. The Labute approximate surface area is 151 Å². The molecular weight excluding hydrogens is 328 g/mol. The lowest BCUT2D eigenvalue weighted by atomic mass is 9.96. The number of carbonyl (C=O) groups excluding carboxylic acids is 1. The van der Waals surface area contributed by atoms with Gasteiger partial charge in [0.1, 0.15) is 17.7 Å². The van der Waals surface area contributed by atoms with Crippen LogP contribution in [0, 0.1) is 0 Å². The molecule has 1 fully saturated rings. The van der Waals surface area contributed by atoms with E-state index in [0.717, 1.165) is 17.3 Å². The van der Waals surface area contributed by atoms with Gasteiger partial charge in [-0.25, -0.2) is 0 Å². The summed E-state index contributed by atoms with van der Waals surface area (Å²) in [6.45, 7) is 1.92. The predicted octanol–water partition coefficient (Wildman–Crippen LogP) is 1.46. The average Bonchev–Trinajstić information content (AvgIpc) is 2.66. The van der Waals surface area contributed by atoms with Gasteiger partial charge in [-0.1, -0.05) is 42.5 Å². The van der Waals surface area contributed by atoms with E-state index in [1.807, 2.05) is 47.4 Å². The van der Waals surface area contributed by atoms with E-state index in [9.17, 15) is 4.79 Å². The Bertz CT molecular complexity index is 948. The van der Waals surface area contributed by atoms with Crippen molar-refractivity contribution in [2.75, 3.05) is 36.0 Å². The molecule has 3 aromatic rings. The quantitative estimate of drug-likeness (QED) is 0.615. The van der Waals surface area contributed by atoms with Crippen LogP contribution in [-0.2, 0) is 0 Å². The Morgan fingerprint density at radius 1 is 1.12 bits per heavy atom. The van der Waals surface area contributed by atoms with Gasteiger partial charge in [-0.2, -0.15) is 9.97 Å². The van der Waals surface area contributed by atoms with E-state index in [1.54, 1.807) is 6.07 Å². The Morgan fingerprint density at radius 2 is 1.92 bits per heavy atom. The summed E-state index contributed by atoms with van der Waals surface area (Å²) in [5.74, 6) is 1.03. The number of hydrogen-bond acceptors (Lipinski definition) is 7. The van der Waals surface area contributed by atoms with Crippen LogP contribution >= 0.6 is 0 Å². The number of fused-ring (bicyclic) bond motifs is 1. The molecule has 132 valence electrons. The molecule has 1 aliphatic heterocycles. The molecule has 7 nitrogen and oxygen atoms in total. The maximum atomic E-state index is 13.4. The molecule has 0 amide bonds. The monoisotopic (exact) mass is 348 g/mol. The van der Waals surface area contributed by atoms with Gasteiger partial charge in [0.2, 0.25) is 5.95 Å². The van der Waals surface area contributed by atoms with Crippen molar-refractivity contribution >= 4 is 34.1 Å². The van der Waals surface area contributed by atoms with Crippen LogP contribution in [0.4, 0.5) is 17.6 Å². The van der Waals surface area contributed by atoms with Crippen LogP contribution in [0.1, 0.15) is 10.4 Å². The number of nitrogens with one attached hydrogen (secondary N) is 1. The van der Waals surface area contributed by atoms with E-state index in [0.29, 0.717) is 30.3 Å². The molecule has 4 rings (SSSR count). The normalized spacial score (nSPS) is 17.4. The van der Waals surface area contributed by atoms with Crippen molar-refractivity contribution in [1.29, 1.82) is 0 Å². The standard InChI is InChI=1S/C19H20N6O/c20-16-10-17(24-19(21)23-16)25-9-8-22-11-15(25)18(26)14-7-3-5-12-4-1-2-6-13(12)14/h1-7,10,15,22H,8-9,11H2,(H4,20,21,23,24). The highest BCUT2D eigenvalue weighted by molar-refractivity contribution is 6.11. The highest BCUT2D eigenvalue weighted by atomic mass is 16.1. The molecule has 26 heavy (non-hydrogen) atoms. The first-order valence-corrected chi connectivity index (χ1v) is 8.53. The number of benzene rings is 2. The van der Waals surface area contributed by atoms with Crippen LogP contribution < -0.4 is 21.7 Å². The van der Waals surface area contributed by atoms with Crippen molar-refractivity contribution in [3.05, 3.63) is 54.1 Å². The molecule has 2 aromatic carbocycles. The predicted molar refractivity (Wildman–Crippen MR) is 103 cm³/mol. The summed E-state index contributed by atoms with van der Waals surface area (Å²) >= 11 is 0. The molecule has 0 radical (unpaired) electrons. The number of Topliss-reactive ketones (excluding diaryl/α,β-unsaturated/α-hetero) is 1. The zero-order valence-corrected chi connectivity index (χ0v) is 14.2. The van der Waals surface area contributed by atoms with Crippen molar-refractivity contribution in [1.82, 2.24) is 15.3 Å². The van der Waals surface area contributed by atoms with Gasteiger partial charge in [-0.05, 0) is 10.8 Å². The lowest BCUT2D eigenvalue weighted by Gasteiger charge is -2.36. The molecule has 0 saturated carbocycles. The summed E-state index contributed by atoms with van der Waals surface area (Å²) in [5.41, 5.74) is 12.3. The fourth-order valence-corrected chi connectivity index (χ4v) is 3.45. The number of carbonyl (C=O) groups is 1. The largest absolute Gasteiger partial charge is 0.383 e. The zero-order chi connectivity index (χ0) is 18.1. The van der Waals surface area contributed by atoms with E-state index in [-0.39, 0.29) is 17.8 Å². The number of anilines is 3. The maximum Gasteiger partial charge on any atom is 0.223 e. The van der Waals surface area contributed by atoms with Crippen molar-refractivity contribution in [2.24, 2.45) is 0 Å². The third-order valence-electron chi connectivity index (χ3n) is 4.65. The fourth-order valence-electron chi connectivity index (χ4n) is 3.45. The molecule has 7 heteroatoms. The Morgan fingerprint density at radius 3 is 2.77 bits per heavy atom. The summed E-state index contributed by atoms with van der Waals surface area (Å²) in [6.07, 6.45) is 0. The van der Waals surface area contributed by atoms with Gasteiger partial charge in [-0.3, -0.25) is 4.79 Å². The van der Waals surface area contributed by atoms with E-state index in [1.165, 1.54) is 0 Å². The Kier molecular flexibility index (Phi) is 4.14. The second-order valence-electron chi connectivity index (χ2n) is 6.31. The van der Waals surface area contributed by atoms with Gasteiger partial charge in [0.25, 0.3) is 0 Å². The van der Waals surface area contributed by atoms with Crippen LogP contribution in [0.25, 0.3) is 10.8 Å². The topological polar surface area (TPSA) is 110 Å². The summed E-state index contributed by atoms with van der Waals surface area (Å²) in [4.78, 5) is 23.5. The molecule has 1 unspecified atom stereocenters. The van der Waals surface area contributed by atoms with E-state index < -0.39 is 0 Å². The first-order valence-electron chi connectivity index (χ1n) is 8.53. The number of nitrogen functional groups attached to an aromatic ring is 2. The number of ketones is 1. The first kappa shape index (κ1) is 16.3. The molecule has 1 atom stereocenters. The highest BCUT2D eigenvalue weighted by Crippen LogP contribution is 2.25. The summed E-state index contributed by atoms with van der Waals surface area (Å²) in [5, 5.41) is 5.29. The minimum Gasteiger partial charge on any atom is -0.383 e.